The molecule has 0 unspecified atom stereocenters. The molecule has 2 aromatic rings. The number of hydrogen-bond acceptors (Lipinski definition) is 3. The molecule has 2 aliphatic heterocycles. The molecule has 2 fully saturated rings. The molecule has 2 heterocycles. The van der Waals surface area contributed by atoms with Gasteiger partial charge in [0.1, 0.15) is 11.6 Å². The summed E-state index contributed by atoms with van der Waals surface area (Å²) >= 11 is 12.7. The Labute approximate surface area is 206 Å². The summed E-state index contributed by atoms with van der Waals surface area (Å²) in [6, 6.07) is 5.65. The van der Waals surface area contributed by atoms with Gasteiger partial charge in [0.15, 0.2) is 0 Å². The van der Waals surface area contributed by atoms with Crippen molar-refractivity contribution in [1.29, 1.82) is 0 Å². The second kappa shape index (κ2) is 7.95. The summed E-state index contributed by atoms with van der Waals surface area (Å²) < 4.78 is 30.5. The molecule has 1 N–H and O–H groups in total. The van der Waals surface area contributed by atoms with Crippen molar-refractivity contribution in [3.63, 3.8) is 0 Å². The van der Waals surface area contributed by atoms with Gasteiger partial charge in [-0.2, -0.15) is 0 Å². The van der Waals surface area contributed by atoms with Crippen LogP contribution in [0.4, 0.5) is 20.2 Å². The highest BCUT2D eigenvalue weighted by Gasteiger charge is 2.60. The number of allylic oxidation sites excluding steroid dienone is 1. The molecule has 0 aromatic heterocycles. The molecular formula is C25H23Cl2F2N3O2. The molecule has 1 saturated heterocycles. The Kier molecular flexibility index (Phi) is 5.41. The van der Waals surface area contributed by atoms with Gasteiger partial charge < -0.3 is 15.1 Å². The van der Waals surface area contributed by atoms with Crippen LogP contribution in [-0.4, -0.2) is 36.9 Å². The molecule has 2 aromatic carbocycles. The molecule has 1 aliphatic carbocycles. The minimum atomic E-state index is -1.15. The zero-order chi connectivity index (χ0) is 24.4. The fraction of sp³-hybridized carbons (Fsp3) is 0.360. The van der Waals surface area contributed by atoms with E-state index in [-0.39, 0.29) is 34.0 Å². The van der Waals surface area contributed by atoms with Crippen molar-refractivity contribution < 1.29 is 18.4 Å². The van der Waals surface area contributed by atoms with Gasteiger partial charge in [0.05, 0.1) is 26.7 Å². The molecule has 1 saturated carbocycles. The van der Waals surface area contributed by atoms with E-state index in [0.717, 1.165) is 0 Å². The predicted molar refractivity (Wildman–Crippen MR) is 128 cm³/mol. The van der Waals surface area contributed by atoms with Crippen molar-refractivity contribution in [1.82, 2.24) is 4.90 Å². The zero-order valence-electron chi connectivity index (χ0n) is 18.7. The van der Waals surface area contributed by atoms with Crippen LogP contribution in [0.1, 0.15) is 37.3 Å². The van der Waals surface area contributed by atoms with E-state index < -0.39 is 22.6 Å². The maximum Gasteiger partial charge on any atom is 0.246 e. The molecule has 3 aliphatic rings. The number of benzene rings is 2. The SMILES string of the molecule is C/C=C/C(=O)N1CC[C@@](Nc2cc(F)c3c(c2)N(C)C(=O)C32CC2)(c2c(F)ccc(Cl)c2Cl)C1. The average Bonchev–Trinajstić information content (AvgIpc) is 3.43. The van der Waals surface area contributed by atoms with E-state index in [4.69, 9.17) is 23.2 Å². The lowest BCUT2D eigenvalue weighted by molar-refractivity contribution is -0.125. The van der Waals surface area contributed by atoms with Crippen LogP contribution in [0.2, 0.25) is 10.0 Å². The minimum absolute atomic E-state index is 0.0420. The second-order valence-electron chi connectivity index (χ2n) is 9.23. The van der Waals surface area contributed by atoms with Crippen LogP contribution in [0, 0.1) is 11.6 Å². The van der Waals surface area contributed by atoms with E-state index in [0.29, 0.717) is 42.7 Å². The fourth-order valence-electron chi connectivity index (χ4n) is 5.39. The van der Waals surface area contributed by atoms with Crippen molar-refractivity contribution >= 4 is 46.4 Å². The summed E-state index contributed by atoms with van der Waals surface area (Å²) in [6.07, 6.45) is 4.66. The Hall–Kier alpha value is -2.64. The number of amides is 2. The van der Waals surface area contributed by atoms with Gasteiger partial charge in [-0.05, 0) is 56.5 Å². The lowest BCUT2D eigenvalue weighted by Gasteiger charge is -2.34. The number of halogens is 4. The summed E-state index contributed by atoms with van der Waals surface area (Å²) in [5, 5.41) is 3.50. The quantitative estimate of drug-likeness (QED) is 0.447. The third kappa shape index (κ3) is 3.32. The van der Waals surface area contributed by atoms with Crippen molar-refractivity contribution in [2.24, 2.45) is 0 Å². The number of nitrogens with zero attached hydrogens (tertiary/aromatic N) is 2. The van der Waals surface area contributed by atoms with Crippen LogP contribution in [0.5, 0.6) is 0 Å². The van der Waals surface area contributed by atoms with Crippen LogP contribution in [0.15, 0.2) is 36.4 Å². The Morgan fingerprint density at radius 2 is 1.85 bits per heavy atom. The highest BCUT2D eigenvalue weighted by molar-refractivity contribution is 6.42. The molecule has 0 bridgehead atoms. The maximum atomic E-state index is 15.3. The van der Waals surface area contributed by atoms with Crippen molar-refractivity contribution in [2.45, 2.75) is 37.1 Å². The smallest absolute Gasteiger partial charge is 0.246 e. The van der Waals surface area contributed by atoms with Crippen LogP contribution in [0.25, 0.3) is 0 Å². The monoisotopic (exact) mass is 505 g/mol. The molecule has 1 spiro atoms. The highest BCUT2D eigenvalue weighted by Crippen LogP contribution is 2.58. The molecule has 2 amide bonds. The van der Waals surface area contributed by atoms with Crippen LogP contribution < -0.4 is 10.2 Å². The largest absolute Gasteiger partial charge is 0.373 e. The van der Waals surface area contributed by atoms with E-state index in [9.17, 15) is 9.59 Å². The first-order valence-corrected chi connectivity index (χ1v) is 11.8. The van der Waals surface area contributed by atoms with Crippen molar-refractivity contribution in [3.05, 3.63) is 69.2 Å². The van der Waals surface area contributed by atoms with Gasteiger partial charge in [-0.1, -0.05) is 29.3 Å². The Morgan fingerprint density at radius 3 is 2.53 bits per heavy atom. The number of nitrogens with one attached hydrogen (secondary N) is 1. The van der Waals surface area contributed by atoms with Crippen molar-refractivity contribution in [3.8, 4) is 0 Å². The van der Waals surface area contributed by atoms with E-state index in [2.05, 4.69) is 5.32 Å². The number of anilines is 2. The number of hydrogen-bond donors (Lipinski definition) is 1. The molecule has 34 heavy (non-hydrogen) atoms. The first-order valence-electron chi connectivity index (χ1n) is 11.1. The maximum absolute atomic E-state index is 15.3. The molecular weight excluding hydrogens is 483 g/mol. The average molecular weight is 506 g/mol. The highest BCUT2D eigenvalue weighted by atomic mass is 35.5. The molecule has 5 rings (SSSR count). The Bertz CT molecular complexity index is 1260. The van der Waals surface area contributed by atoms with Gasteiger partial charge in [0, 0.05) is 37.0 Å². The normalized spacial score (nSPS) is 22.7. The number of fused-ring (bicyclic) bond motifs is 2. The summed E-state index contributed by atoms with van der Waals surface area (Å²) in [6.45, 7) is 2.18. The molecule has 5 nitrogen and oxygen atoms in total. The lowest BCUT2D eigenvalue weighted by Crippen LogP contribution is -2.41. The van der Waals surface area contributed by atoms with Gasteiger partial charge in [-0.3, -0.25) is 9.59 Å². The predicted octanol–water partition coefficient (Wildman–Crippen LogP) is 5.40. The number of likely N-dealkylation sites (N-methyl/N-ethyl adjacent to an activating group) is 1. The second-order valence-corrected chi connectivity index (χ2v) is 10.0. The molecule has 178 valence electrons. The summed E-state index contributed by atoms with van der Waals surface area (Å²) in [5.74, 6) is -1.39. The summed E-state index contributed by atoms with van der Waals surface area (Å²) in [5.41, 5.74) is -0.496. The standard InChI is InChI=1S/C25H23Cl2F2N3O2/c1-3-4-19(33)32-10-9-25(13-32,21-16(28)6-5-15(26)22(21)27)30-14-11-17(29)20-18(12-14)31(2)23(34)24(20)7-8-24/h3-6,11-12,30H,7-10,13H2,1-2H3/b4-3+/t25-/m0/s1. The Morgan fingerprint density at radius 1 is 1.12 bits per heavy atom. The number of carbonyl (C=O) groups is 2. The topological polar surface area (TPSA) is 52.7 Å². The zero-order valence-corrected chi connectivity index (χ0v) is 20.2. The summed E-state index contributed by atoms with van der Waals surface area (Å²) in [7, 11) is 1.63. The van der Waals surface area contributed by atoms with E-state index in [1.54, 1.807) is 31.0 Å². The van der Waals surface area contributed by atoms with Crippen LogP contribution in [-0.2, 0) is 20.5 Å². The lowest BCUT2D eigenvalue weighted by atomic mass is 9.87. The van der Waals surface area contributed by atoms with E-state index in [1.807, 2.05) is 0 Å². The van der Waals surface area contributed by atoms with Crippen LogP contribution in [0.3, 0.4) is 0 Å². The summed E-state index contributed by atoms with van der Waals surface area (Å²) in [4.78, 5) is 28.4. The third-order valence-electron chi connectivity index (χ3n) is 7.17. The first-order chi connectivity index (χ1) is 16.1. The molecule has 1 atom stereocenters. The third-order valence-corrected chi connectivity index (χ3v) is 7.97. The number of carbonyl (C=O) groups excluding carboxylic acids is 2. The molecule has 9 heteroatoms. The van der Waals surface area contributed by atoms with Crippen LogP contribution >= 0.6 is 23.2 Å². The van der Waals surface area contributed by atoms with Gasteiger partial charge in [0.2, 0.25) is 11.8 Å². The fourth-order valence-corrected chi connectivity index (χ4v) is 5.88. The van der Waals surface area contributed by atoms with Gasteiger partial charge >= 0.3 is 0 Å². The minimum Gasteiger partial charge on any atom is -0.373 e. The van der Waals surface area contributed by atoms with Crippen molar-refractivity contribution in [2.75, 3.05) is 30.4 Å². The molecule has 0 radical (unpaired) electrons. The van der Waals surface area contributed by atoms with Gasteiger partial charge in [-0.15, -0.1) is 0 Å². The van der Waals surface area contributed by atoms with E-state index >= 15 is 8.78 Å². The Balaban J connectivity index is 1.60. The first kappa shape index (κ1) is 23.1. The van der Waals surface area contributed by atoms with Gasteiger partial charge in [-0.25, -0.2) is 8.78 Å². The number of likely N-dealkylation sites (tertiary alicyclic amines) is 1. The number of rotatable bonds is 4. The van der Waals surface area contributed by atoms with E-state index in [1.165, 1.54) is 29.2 Å². The van der Waals surface area contributed by atoms with Gasteiger partial charge in [0.25, 0.3) is 0 Å².